The summed E-state index contributed by atoms with van der Waals surface area (Å²) in [5, 5.41) is 0. The highest BCUT2D eigenvalue weighted by molar-refractivity contribution is 4.99. The lowest BCUT2D eigenvalue weighted by atomic mass is 9.71. The second-order valence-corrected chi connectivity index (χ2v) is 5.70. The molecule has 1 spiro atoms. The molecular weight excluding hydrogens is 196 g/mol. The Morgan fingerprint density at radius 1 is 0.938 bits per heavy atom. The van der Waals surface area contributed by atoms with E-state index in [1.165, 1.54) is 51.4 Å². The molecule has 2 aliphatic rings. The van der Waals surface area contributed by atoms with Gasteiger partial charge < -0.3 is 5.43 Å². The summed E-state index contributed by atoms with van der Waals surface area (Å²) in [7, 11) is 0. The Kier molecular flexibility index (Phi) is 2.66. The normalized spacial score (nSPS) is 25.0. The maximum absolute atomic E-state index is 3.58. The monoisotopic (exact) mass is 218 g/mol. The van der Waals surface area contributed by atoms with Gasteiger partial charge in [0.1, 0.15) is 0 Å². The van der Waals surface area contributed by atoms with E-state index < -0.39 is 0 Å². The molecule has 88 valence electrons. The molecule has 2 aliphatic carbocycles. The Bertz CT molecular complexity index is 313. The zero-order chi connectivity index (χ0) is 10.8. The van der Waals surface area contributed by atoms with Crippen LogP contribution < -0.4 is 5.43 Å². The quantitative estimate of drug-likeness (QED) is 0.803. The fourth-order valence-corrected chi connectivity index (χ4v) is 3.62. The maximum Gasteiger partial charge on any atom is 0.0424 e. The fraction of sp³-hybridized carbons (Fsp3) is 0.714. The highest BCUT2D eigenvalue weighted by atomic mass is 15.4. The summed E-state index contributed by atoms with van der Waals surface area (Å²) < 4.78 is 2.11. The Morgan fingerprint density at radius 3 is 2.19 bits per heavy atom. The van der Waals surface area contributed by atoms with Gasteiger partial charge in [-0.25, -0.2) is 0 Å². The molecule has 0 radical (unpaired) electrons. The summed E-state index contributed by atoms with van der Waals surface area (Å²) in [6, 6.07) is 4.85. The second kappa shape index (κ2) is 4.15. The average Bonchev–Trinajstić information content (AvgIpc) is 2.94. The summed E-state index contributed by atoms with van der Waals surface area (Å²) in [6.07, 6.45) is 15.8. The van der Waals surface area contributed by atoms with Crippen molar-refractivity contribution in [1.82, 2.24) is 4.68 Å². The Morgan fingerprint density at radius 2 is 1.56 bits per heavy atom. The number of rotatable bonds is 2. The van der Waals surface area contributed by atoms with E-state index in [2.05, 4.69) is 34.6 Å². The molecule has 0 aromatic carbocycles. The molecule has 1 aromatic rings. The van der Waals surface area contributed by atoms with Gasteiger partial charge in [0.25, 0.3) is 0 Å². The summed E-state index contributed by atoms with van der Waals surface area (Å²) in [6.45, 7) is 0. The van der Waals surface area contributed by atoms with Gasteiger partial charge in [0.2, 0.25) is 0 Å². The van der Waals surface area contributed by atoms with E-state index >= 15 is 0 Å². The van der Waals surface area contributed by atoms with Gasteiger partial charge in [-0.3, -0.25) is 4.68 Å². The summed E-state index contributed by atoms with van der Waals surface area (Å²) in [4.78, 5) is 0. The molecule has 1 N–H and O–H groups in total. The van der Waals surface area contributed by atoms with E-state index in [0.717, 1.165) is 5.41 Å². The first-order chi connectivity index (χ1) is 7.86. The fourth-order valence-electron chi connectivity index (χ4n) is 3.62. The Labute approximate surface area is 98.0 Å². The van der Waals surface area contributed by atoms with Gasteiger partial charge in [-0.1, -0.05) is 12.8 Å². The van der Waals surface area contributed by atoms with Gasteiger partial charge >= 0.3 is 0 Å². The molecule has 2 fully saturated rings. The van der Waals surface area contributed by atoms with Gasteiger partial charge in [-0.15, -0.1) is 0 Å². The smallest absolute Gasteiger partial charge is 0.0424 e. The van der Waals surface area contributed by atoms with Crippen molar-refractivity contribution >= 4 is 0 Å². The highest BCUT2D eigenvalue weighted by Crippen LogP contribution is 2.48. The van der Waals surface area contributed by atoms with E-state index in [-0.39, 0.29) is 0 Å². The van der Waals surface area contributed by atoms with Crippen molar-refractivity contribution in [1.29, 1.82) is 0 Å². The summed E-state index contributed by atoms with van der Waals surface area (Å²) in [5.41, 5.74) is 4.34. The molecule has 0 bridgehead atoms. The van der Waals surface area contributed by atoms with Crippen molar-refractivity contribution in [3.05, 3.63) is 24.5 Å². The number of nitrogens with zero attached hydrogens (tertiary/aromatic N) is 1. The van der Waals surface area contributed by atoms with Crippen molar-refractivity contribution < 1.29 is 0 Å². The SMILES string of the molecule is c1ccn(NC2CCC3(CCCC3)CC2)c1. The molecule has 2 saturated carbocycles. The molecule has 0 saturated heterocycles. The zero-order valence-corrected chi connectivity index (χ0v) is 9.99. The largest absolute Gasteiger partial charge is 0.323 e. The van der Waals surface area contributed by atoms with Crippen LogP contribution in [0, 0.1) is 5.41 Å². The average molecular weight is 218 g/mol. The van der Waals surface area contributed by atoms with Crippen LogP contribution in [0.3, 0.4) is 0 Å². The molecule has 0 unspecified atom stereocenters. The van der Waals surface area contributed by atoms with Gasteiger partial charge in [-0.2, -0.15) is 0 Å². The summed E-state index contributed by atoms with van der Waals surface area (Å²) >= 11 is 0. The van der Waals surface area contributed by atoms with E-state index in [4.69, 9.17) is 0 Å². The molecule has 3 rings (SSSR count). The van der Waals surface area contributed by atoms with E-state index in [0.29, 0.717) is 6.04 Å². The molecule has 0 atom stereocenters. The van der Waals surface area contributed by atoms with Crippen LogP contribution >= 0.6 is 0 Å². The van der Waals surface area contributed by atoms with Crippen molar-refractivity contribution in [3.63, 3.8) is 0 Å². The predicted molar refractivity (Wildman–Crippen MR) is 66.9 cm³/mol. The molecule has 2 heteroatoms. The summed E-state index contributed by atoms with van der Waals surface area (Å²) in [5.74, 6) is 0. The van der Waals surface area contributed by atoms with E-state index in [9.17, 15) is 0 Å². The first-order valence-corrected chi connectivity index (χ1v) is 6.76. The minimum atomic E-state index is 0.693. The molecule has 1 heterocycles. The molecule has 1 aromatic heterocycles. The minimum Gasteiger partial charge on any atom is -0.323 e. The highest BCUT2D eigenvalue weighted by Gasteiger charge is 2.37. The van der Waals surface area contributed by atoms with Crippen LogP contribution in [0.5, 0.6) is 0 Å². The van der Waals surface area contributed by atoms with Crippen LogP contribution in [0.15, 0.2) is 24.5 Å². The van der Waals surface area contributed by atoms with Crippen LogP contribution in [-0.2, 0) is 0 Å². The third-order valence-electron chi connectivity index (χ3n) is 4.65. The topological polar surface area (TPSA) is 17.0 Å². The standard InChI is InChI=1S/C14H22N2/c1-2-8-14(7-1)9-5-13(6-10-14)15-16-11-3-4-12-16/h3-4,11-13,15H,1-2,5-10H2. The van der Waals surface area contributed by atoms with Crippen molar-refractivity contribution in [2.75, 3.05) is 5.43 Å². The Balaban J connectivity index is 1.54. The second-order valence-electron chi connectivity index (χ2n) is 5.70. The van der Waals surface area contributed by atoms with Gasteiger partial charge in [0.15, 0.2) is 0 Å². The molecule has 16 heavy (non-hydrogen) atoms. The third kappa shape index (κ3) is 1.98. The lowest BCUT2D eigenvalue weighted by Crippen LogP contribution is -2.35. The van der Waals surface area contributed by atoms with Crippen molar-refractivity contribution in [3.8, 4) is 0 Å². The van der Waals surface area contributed by atoms with E-state index in [1.807, 2.05) is 0 Å². The predicted octanol–water partition coefficient (Wildman–Crippen LogP) is 3.53. The van der Waals surface area contributed by atoms with Crippen LogP contribution in [0.2, 0.25) is 0 Å². The third-order valence-corrected chi connectivity index (χ3v) is 4.65. The molecule has 2 nitrogen and oxygen atoms in total. The van der Waals surface area contributed by atoms with Crippen molar-refractivity contribution in [2.24, 2.45) is 5.41 Å². The van der Waals surface area contributed by atoms with Gasteiger partial charge in [0.05, 0.1) is 0 Å². The first-order valence-electron chi connectivity index (χ1n) is 6.76. The van der Waals surface area contributed by atoms with Crippen LogP contribution in [-0.4, -0.2) is 10.7 Å². The first kappa shape index (κ1) is 10.2. The zero-order valence-electron chi connectivity index (χ0n) is 9.99. The molecule has 0 amide bonds. The van der Waals surface area contributed by atoms with Gasteiger partial charge in [-0.05, 0) is 56.1 Å². The van der Waals surface area contributed by atoms with Crippen LogP contribution in [0.1, 0.15) is 51.4 Å². The number of hydrogen-bond acceptors (Lipinski definition) is 1. The maximum atomic E-state index is 3.58. The minimum absolute atomic E-state index is 0.693. The number of hydrogen-bond donors (Lipinski definition) is 1. The van der Waals surface area contributed by atoms with Crippen LogP contribution in [0.25, 0.3) is 0 Å². The number of nitrogens with one attached hydrogen (secondary N) is 1. The van der Waals surface area contributed by atoms with Crippen LogP contribution in [0.4, 0.5) is 0 Å². The number of aromatic nitrogens is 1. The molecular formula is C14H22N2. The van der Waals surface area contributed by atoms with Crippen molar-refractivity contribution in [2.45, 2.75) is 57.4 Å². The lowest BCUT2D eigenvalue weighted by molar-refractivity contribution is 0.184. The molecule has 0 aliphatic heterocycles. The lowest BCUT2D eigenvalue weighted by Gasteiger charge is -2.37. The van der Waals surface area contributed by atoms with Gasteiger partial charge in [0, 0.05) is 18.4 Å². The van der Waals surface area contributed by atoms with E-state index in [1.54, 1.807) is 0 Å². The Hall–Kier alpha value is -0.920.